The summed E-state index contributed by atoms with van der Waals surface area (Å²) in [6.07, 6.45) is 1.12. The van der Waals surface area contributed by atoms with Gasteiger partial charge in [-0.15, -0.1) is 0 Å². The van der Waals surface area contributed by atoms with Gasteiger partial charge in [-0.2, -0.15) is 0 Å². The maximum atomic E-state index is 6.01. The van der Waals surface area contributed by atoms with Gasteiger partial charge in [-0.1, -0.05) is 39.0 Å². The number of nitrogens with one attached hydrogen (secondary N) is 1. The van der Waals surface area contributed by atoms with Gasteiger partial charge in [0, 0.05) is 11.3 Å². The molecule has 0 fully saturated rings. The SMILES string of the molecule is Cc1cccc2cc(C(C)CCNCC(C)C)oc12. The molecule has 0 saturated heterocycles. The van der Waals surface area contributed by atoms with E-state index in [-0.39, 0.29) is 0 Å². The lowest BCUT2D eigenvalue weighted by atomic mass is 10.0. The highest BCUT2D eigenvalue weighted by molar-refractivity contribution is 5.80. The summed E-state index contributed by atoms with van der Waals surface area (Å²) < 4.78 is 6.01. The predicted octanol–water partition coefficient (Wildman–Crippen LogP) is 4.48. The van der Waals surface area contributed by atoms with Gasteiger partial charge in [-0.3, -0.25) is 0 Å². The molecule has 2 aromatic rings. The maximum Gasteiger partial charge on any atom is 0.137 e. The molecular weight excluding hydrogens is 234 g/mol. The number of rotatable bonds is 6. The second kappa shape index (κ2) is 6.25. The van der Waals surface area contributed by atoms with E-state index < -0.39 is 0 Å². The van der Waals surface area contributed by atoms with Crippen molar-refractivity contribution in [1.29, 1.82) is 0 Å². The molecular formula is C17H25NO. The van der Waals surface area contributed by atoms with Crippen molar-refractivity contribution in [1.82, 2.24) is 5.32 Å². The van der Waals surface area contributed by atoms with Crippen molar-refractivity contribution in [2.24, 2.45) is 5.92 Å². The standard InChI is InChI=1S/C17H25NO/c1-12(2)11-18-9-8-13(3)16-10-15-7-5-6-14(4)17(15)19-16/h5-7,10,12-13,18H,8-9,11H2,1-4H3. The summed E-state index contributed by atoms with van der Waals surface area (Å²) in [5, 5.41) is 4.71. The van der Waals surface area contributed by atoms with E-state index in [1.165, 1.54) is 10.9 Å². The number of benzene rings is 1. The van der Waals surface area contributed by atoms with E-state index in [2.05, 4.69) is 57.3 Å². The average molecular weight is 259 g/mol. The largest absolute Gasteiger partial charge is 0.461 e. The van der Waals surface area contributed by atoms with Gasteiger partial charge in [0.1, 0.15) is 11.3 Å². The highest BCUT2D eigenvalue weighted by Crippen LogP contribution is 2.28. The minimum absolute atomic E-state index is 0.464. The summed E-state index contributed by atoms with van der Waals surface area (Å²) in [7, 11) is 0. The lowest BCUT2D eigenvalue weighted by Crippen LogP contribution is -2.21. The minimum Gasteiger partial charge on any atom is -0.461 e. The van der Waals surface area contributed by atoms with Gasteiger partial charge in [0.05, 0.1) is 0 Å². The van der Waals surface area contributed by atoms with Crippen molar-refractivity contribution >= 4 is 11.0 Å². The van der Waals surface area contributed by atoms with Crippen molar-refractivity contribution < 1.29 is 4.42 Å². The monoisotopic (exact) mass is 259 g/mol. The zero-order chi connectivity index (χ0) is 13.8. The van der Waals surface area contributed by atoms with Gasteiger partial charge >= 0.3 is 0 Å². The quantitative estimate of drug-likeness (QED) is 0.774. The summed E-state index contributed by atoms with van der Waals surface area (Å²) in [4.78, 5) is 0. The molecule has 1 atom stereocenters. The van der Waals surface area contributed by atoms with Gasteiger partial charge in [0.2, 0.25) is 0 Å². The number of furan rings is 1. The number of para-hydroxylation sites is 1. The molecule has 0 aliphatic rings. The normalized spacial score (nSPS) is 13.3. The van der Waals surface area contributed by atoms with Crippen molar-refractivity contribution in [2.75, 3.05) is 13.1 Å². The third kappa shape index (κ3) is 3.60. The van der Waals surface area contributed by atoms with Crippen LogP contribution in [0.4, 0.5) is 0 Å². The van der Waals surface area contributed by atoms with Crippen LogP contribution in [0.3, 0.4) is 0 Å². The summed E-state index contributed by atoms with van der Waals surface area (Å²) in [5.74, 6) is 2.28. The van der Waals surface area contributed by atoms with Gasteiger partial charge in [0.15, 0.2) is 0 Å². The highest BCUT2D eigenvalue weighted by atomic mass is 16.3. The van der Waals surface area contributed by atoms with Gasteiger partial charge in [-0.05, 0) is 44.0 Å². The predicted molar refractivity (Wildman–Crippen MR) is 81.7 cm³/mol. The summed E-state index contributed by atoms with van der Waals surface area (Å²) >= 11 is 0. The van der Waals surface area contributed by atoms with Gasteiger partial charge < -0.3 is 9.73 Å². The lowest BCUT2D eigenvalue weighted by Gasteiger charge is -2.10. The number of aryl methyl sites for hydroxylation is 1. The molecule has 1 aromatic carbocycles. The van der Waals surface area contributed by atoms with E-state index in [4.69, 9.17) is 4.42 Å². The van der Waals surface area contributed by atoms with Crippen LogP contribution >= 0.6 is 0 Å². The van der Waals surface area contributed by atoms with Crippen LogP contribution in [0, 0.1) is 12.8 Å². The molecule has 2 rings (SSSR count). The van der Waals surface area contributed by atoms with Crippen LogP contribution in [-0.2, 0) is 0 Å². The van der Waals surface area contributed by atoms with Crippen molar-refractivity contribution in [3.05, 3.63) is 35.6 Å². The Bertz CT molecular complexity index is 527. The Labute approximate surface area is 116 Å². The lowest BCUT2D eigenvalue weighted by molar-refractivity contribution is 0.466. The summed E-state index contributed by atoms with van der Waals surface area (Å²) in [6, 6.07) is 8.50. The van der Waals surface area contributed by atoms with E-state index >= 15 is 0 Å². The van der Waals surface area contributed by atoms with E-state index in [0.717, 1.165) is 30.9 Å². The van der Waals surface area contributed by atoms with E-state index in [1.807, 2.05) is 0 Å². The molecule has 0 saturated carbocycles. The van der Waals surface area contributed by atoms with Gasteiger partial charge in [-0.25, -0.2) is 0 Å². The molecule has 104 valence electrons. The zero-order valence-electron chi connectivity index (χ0n) is 12.5. The first kappa shape index (κ1) is 14.1. The van der Waals surface area contributed by atoms with Crippen LogP contribution in [0.15, 0.2) is 28.7 Å². The molecule has 1 heterocycles. The van der Waals surface area contributed by atoms with Gasteiger partial charge in [0.25, 0.3) is 0 Å². The van der Waals surface area contributed by atoms with E-state index in [9.17, 15) is 0 Å². The Morgan fingerprint density at radius 2 is 2.00 bits per heavy atom. The summed E-state index contributed by atoms with van der Waals surface area (Å²) in [6.45, 7) is 11.0. The van der Waals surface area contributed by atoms with Crippen LogP contribution in [0.25, 0.3) is 11.0 Å². The second-order valence-corrected chi connectivity index (χ2v) is 5.93. The molecule has 0 aliphatic heterocycles. The molecule has 0 spiro atoms. The molecule has 0 bridgehead atoms. The fourth-order valence-corrected chi connectivity index (χ4v) is 2.32. The molecule has 19 heavy (non-hydrogen) atoms. The third-order valence-electron chi connectivity index (χ3n) is 3.55. The molecule has 1 aromatic heterocycles. The van der Waals surface area contributed by atoms with Crippen molar-refractivity contribution in [2.45, 2.75) is 40.0 Å². The topological polar surface area (TPSA) is 25.2 Å². The highest BCUT2D eigenvalue weighted by Gasteiger charge is 2.12. The van der Waals surface area contributed by atoms with Crippen LogP contribution in [0.2, 0.25) is 0 Å². The molecule has 2 heteroatoms. The van der Waals surface area contributed by atoms with Crippen LogP contribution in [0.1, 0.15) is 44.4 Å². The Hall–Kier alpha value is -1.28. The molecule has 1 unspecified atom stereocenters. The number of hydrogen-bond acceptors (Lipinski definition) is 2. The molecule has 0 amide bonds. The fraction of sp³-hybridized carbons (Fsp3) is 0.529. The van der Waals surface area contributed by atoms with Crippen LogP contribution in [0.5, 0.6) is 0 Å². The Kier molecular flexibility index (Phi) is 4.65. The summed E-state index contributed by atoms with van der Waals surface area (Å²) in [5.41, 5.74) is 2.26. The molecule has 1 N–H and O–H groups in total. The first-order chi connectivity index (χ1) is 9.08. The minimum atomic E-state index is 0.464. The zero-order valence-corrected chi connectivity index (χ0v) is 12.5. The third-order valence-corrected chi connectivity index (χ3v) is 3.55. The maximum absolute atomic E-state index is 6.01. The van der Waals surface area contributed by atoms with E-state index in [0.29, 0.717) is 11.8 Å². The first-order valence-electron chi connectivity index (χ1n) is 7.27. The molecule has 0 aliphatic carbocycles. The van der Waals surface area contributed by atoms with Crippen LogP contribution in [-0.4, -0.2) is 13.1 Å². The number of fused-ring (bicyclic) bond motifs is 1. The Balaban J connectivity index is 1.97. The van der Waals surface area contributed by atoms with Crippen LogP contribution < -0.4 is 5.32 Å². The molecule has 2 nitrogen and oxygen atoms in total. The Morgan fingerprint density at radius 3 is 2.68 bits per heavy atom. The number of hydrogen-bond donors (Lipinski definition) is 1. The van der Waals surface area contributed by atoms with Crippen molar-refractivity contribution in [3.8, 4) is 0 Å². The first-order valence-corrected chi connectivity index (χ1v) is 7.27. The molecule has 0 radical (unpaired) electrons. The van der Waals surface area contributed by atoms with E-state index in [1.54, 1.807) is 0 Å². The smallest absolute Gasteiger partial charge is 0.137 e. The second-order valence-electron chi connectivity index (χ2n) is 5.93. The van der Waals surface area contributed by atoms with Crippen molar-refractivity contribution in [3.63, 3.8) is 0 Å². The Morgan fingerprint density at radius 1 is 1.21 bits per heavy atom. The fourth-order valence-electron chi connectivity index (χ4n) is 2.32. The average Bonchev–Trinajstić information content (AvgIpc) is 2.79.